The zero-order valence-corrected chi connectivity index (χ0v) is 19.4. The van der Waals surface area contributed by atoms with E-state index in [1.165, 1.54) is 25.3 Å². The average molecular weight is 463 g/mol. The zero-order chi connectivity index (χ0) is 23.3. The molecule has 7 nitrogen and oxygen atoms in total. The van der Waals surface area contributed by atoms with Gasteiger partial charge in [-0.15, -0.1) is 10.2 Å². The third-order valence-electron chi connectivity index (χ3n) is 6.82. The maximum absolute atomic E-state index is 14.2. The predicted molar refractivity (Wildman–Crippen MR) is 133 cm³/mol. The lowest BCUT2D eigenvalue weighted by Gasteiger charge is -2.37. The molecule has 1 aromatic heterocycles. The van der Waals surface area contributed by atoms with E-state index in [0.717, 1.165) is 36.2 Å². The molecule has 3 aromatic rings. The molecular formula is C26H31FN6O. The number of para-hydroxylation sites is 1. The smallest absolute Gasteiger partial charge is 0.272 e. The number of nitrogens with one attached hydrogen (secondary N) is 1. The highest BCUT2D eigenvalue weighted by Gasteiger charge is 2.24. The van der Waals surface area contributed by atoms with E-state index < -0.39 is 0 Å². The van der Waals surface area contributed by atoms with Crippen LogP contribution in [0.1, 0.15) is 29.8 Å². The Morgan fingerprint density at radius 2 is 1.50 bits per heavy atom. The van der Waals surface area contributed by atoms with Crippen molar-refractivity contribution in [3.63, 3.8) is 0 Å². The van der Waals surface area contributed by atoms with Crippen LogP contribution >= 0.6 is 0 Å². The molecule has 34 heavy (non-hydrogen) atoms. The van der Waals surface area contributed by atoms with Crippen LogP contribution in [0.2, 0.25) is 0 Å². The fourth-order valence-corrected chi connectivity index (χ4v) is 4.95. The number of amides is 1. The fraction of sp³-hybridized carbons (Fsp3) is 0.423. The molecule has 1 amide bonds. The van der Waals surface area contributed by atoms with Gasteiger partial charge in [-0.25, -0.2) is 4.39 Å². The molecule has 2 aromatic carbocycles. The van der Waals surface area contributed by atoms with Crippen molar-refractivity contribution in [1.82, 2.24) is 20.4 Å². The molecule has 0 spiro atoms. The molecule has 8 heteroatoms. The number of carbonyl (C=O) groups excluding carboxylic acids is 1. The van der Waals surface area contributed by atoms with Crippen LogP contribution in [0.5, 0.6) is 0 Å². The molecule has 2 fully saturated rings. The molecule has 0 atom stereocenters. The van der Waals surface area contributed by atoms with Crippen molar-refractivity contribution in [3.05, 3.63) is 60.0 Å². The molecule has 0 aliphatic carbocycles. The van der Waals surface area contributed by atoms with Gasteiger partial charge in [0.25, 0.3) is 5.91 Å². The summed E-state index contributed by atoms with van der Waals surface area (Å²) in [4.78, 5) is 19.6. The summed E-state index contributed by atoms with van der Waals surface area (Å²) in [5, 5.41) is 13.6. The molecule has 2 aliphatic heterocycles. The number of benzene rings is 2. The van der Waals surface area contributed by atoms with E-state index in [2.05, 4.69) is 30.2 Å². The monoisotopic (exact) mass is 462 g/mol. The van der Waals surface area contributed by atoms with E-state index in [9.17, 15) is 9.18 Å². The maximum Gasteiger partial charge on any atom is 0.272 e. The van der Waals surface area contributed by atoms with Crippen molar-refractivity contribution >= 4 is 28.2 Å². The molecule has 0 radical (unpaired) electrons. The van der Waals surface area contributed by atoms with Gasteiger partial charge in [-0.1, -0.05) is 42.8 Å². The topological polar surface area (TPSA) is 64.6 Å². The number of hydrogen-bond acceptors (Lipinski definition) is 6. The number of aromatic nitrogens is 2. The van der Waals surface area contributed by atoms with Crippen molar-refractivity contribution in [1.29, 1.82) is 0 Å². The number of carbonyl (C=O) groups is 1. The Balaban J connectivity index is 1.28. The number of piperazine rings is 1. The first-order valence-corrected chi connectivity index (χ1v) is 12.2. The van der Waals surface area contributed by atoms with Crippen molar-refractivity contribution < 1.29 is 9.18 Å². The van der Waals surface area contributed by atoms with Gasteiger partial charge < -0.3 is 20.0 Å². The van der Waals surface area contributed by atoms with Gasteiger partial charge in [0, 0.05) is 50.0 Å². The van der Waals surface area contributed by atoms with Crippen LogP contribution in [-0.2, 0) is 0 Å². The van der Waals surface area contributed by atoms with Crippen LogP contribution in [0.3, 0.4) is 0 Å². The first-order valence-electron chi connectivity index (χ1n) is 12.2. The van der Waals surface area contributed by atoms with E-state index in [1.807, 2.05) is 36.4 Å². The van der Waals surface area contributed by atoms with Gasteiger partial charge in [-0.05, 0) is 38.1 Å². The number of piperidine rings is 1. The van der Waals surface area contributed by atoms with Gasteiger partial charge in [0.2, 0.25) is 0 Å². The maximum atomic E-state index is 14.2. The van der Waals surface area contributed by atoms with Crippen LogP contribution in [0.25, 0.3) is 10.8 Å². The minimum absolute atomic E-state index is 0.184. The van der Waals surface area contributed by atoms with E-state index in [-0.39, 0.29) is 11.7 Å². The molecule has 0 unspecified atom stereocenters. The van der Waals surface area contributed by atoms with Gasteiger partial charge in [0.15, 0.2) is 11.5 Å². The third-order valence-corrected chi connectivity index (χ3v) is 6.82. The van der Waals surface area contributed by atoms with Gasteiger partial charge in [-0.3, -0.25) is 4.79 Å². The third kappa shape index (κ3) is 4.82. The number of likely N-dealkylation sites (tertiary alicyclic amines) is 1. The molecule has 3 heterocycles. The SMILES string of the molecule is O=C(NCCN1CCCCC1)c1nnc(N2CCN(c3ccccc3F)CC2)c2ccccc12. The molecule has 1 N–H and O–H groups in total. The standard InChI is InChI=1S/C26H31FN6O/c27-22-10-4-5-11-23(22)32-16-18-33(19-17-32)25-21-9-3-2-8-20(21)24(29-30-25)26(34)28-12-15-31-13-6-1-7-14-31/h2-5,8-11H,1,6-7,12-19H2,(H,28,34). The summed E-state index contributed by atoms with van der Waals surface area (Å²) in [7, 11) is 0. The highest BCUT2D eigenvalue weighted by Crippen LogP contribution is 2.28. The van der Waals surface area contributed by atoms with Gasteiger partial charge in [-0.2, -0.15) is 0 Å². The normalized spacial score (nSPS) is 17.2. The summed E-state index contributed by atoms with van der Waals surface area (Å²) in [6.07, 6.45) is 3.77. The number of rotatable bonds is 6. The van der Waals surface area contributed by atoms with Gasteiger partial charge in [0.05, 0.1) is 5.69 Å². The molecule has 0 saturated carbocycles. The summed E-state index contributed by atoms with van der Waals surface area (Å²) in [6.45, 7) is 6.47. The number of anilines is 2. The number of hydrogen-bond donors (Lipinski definition) is 1. The molecule has 178 valence electrons. The average Bonchev–Trinajstić information content (AvgIpc) is 2.89. The molecule has 5 rings (SSSR count). The number of nitrogens with zero attached hydrogens (tertiary/aromatic N) is 5. The minimum atomic E-state index is -0.197. The van der Waals surface area contributed by atoms with Crippen LogP contribution in [0, 0.1) is 5.82 Å². The van der Waals surface area contributed by atoms with Crippen LogP contribution in [0.15, 0.2) is 48.5 Å². The molecule has 0 bridgehead atoms. The zero-order valence-electron chi connectivity index (χ0n) is 19.4. The van der Waals surface area contributed by atoms with Crippen molar-refractivity contribution in [3.8, 4) is 0 Å². The Labute approximate surface area is 199 Å². The summed E-state index contributed by atoms with van der Waals surface area (Å²) in [5.74, 6) is 0.391. The fourth-order valence-electron chi connectivity index (χ4n) is 4.95. The van der Waals surface area contributed by atoms with Crippen LogP contribution < -0.4 is 15.1 Å². The summed E-state index contributed by atoms with van der Waals surface area (Å²) >= 11 is 0. The van der Waals surface area contributed by atoms with E-state index in [0.29, 0.717) is 44.1 Å². The van der Waals surface area contributed by atoms with Crippen LogP contribution in [-0.4, -0.2) is 73.4 Å². The van der Waals surface area contributed by atoms with Crippen molar-refractivity contribution in [2.75, 3.05) is 62.2 Å². The number of fused-ring (bicyclic) bond motifs is 1. The Kier molecular flexibility index (Phi) is 6.85. The van der Waals surface area contributed by atoms with Crippen LogP contribution in [0.4, 0.5) is 15.9 Å². The lowest BCUT2D eigenvalue weighted by molar-refractivity contribution is 0.0942. The minimum Gasteiger partial charge on any atom is -0.366 e. The highest BCUT2D eigenvalue weighted by atomic mass is 19.1. The summed E-state index contributed by atoms with van der Waals surface area (Å²) in [5.41, 5.74) is 0.998. The number of halogens is 1. The molecule has 2 saturated heterocycles. The molecule has 2 aliphatic rings. The van der Waals surface area contributed by atoms with Crippen molar-refractivity contribution in [2.24, 2.45) is 0 Å². The quantitative estimate of drug-likeness (QED) is 0.607. The summed E-state index contributed by atoms with van der Waals surface area (Å²) < 4.78 is 14.2. The van der Waals surface area contributed by atoms with E-state index in [4.69, 9.17) is 0 Å². The summed E-state index contributed by atoms with van der Waals surface area (Å²) in [6, 6.07) is 14.7. The first kappa shape index (κ1) is 22.5. The Hall–Kier alpha value is -3.26. The van der Waals surface area contributed by atoms with E-state index >= 15 is 0 Å². The van der Waals surface area contributed by atoms with Crippen molar-refractivity contribution in [2.45, 2.75) is 19.3 Å². The van der Waals surface area contributed by atoms with Gasteiger partial charge >= 0.3 is 0 Å². The predicted octanol–water partition coefficient (Wildman–Crippen LogP) is 3.31. The molecular weight excluding hydrogens is 431 g/mol. The first-order chi connectivity index (χ1) is 16.7. The second kappa shape index (κ2) is 10.3. The van der Waals surface area contributed by atoms with Gasteiger partial charge in [0.1, 0.15) is 5.82 Å². The Bertz CT molecular complexity index is 1140. The highest BCUT2D eigenvalue weighted by molar-refractivity contribution is 6.07. The largest absolute Gasteiger partial charge is 0.366 e. The Morgan fingerprint density at radius 1 is 0.824 bits per heavy atom. The second-order valence-electron chi connectivity index (χ2n) is 9.00. The Morgan fingerprint density at radius 3 is 2.26 bits per heavy atom. The second-order valence-corrected chi connectivity index (χ2v) is 9.00. The lowest BCUT2D eigenvalue weighted by atomic mass is 10.1. The van der Waals surface area contributed by atoms with E-state index in [1.54, 1.807) is 6.07 Å². The lowest BCUT2D eigenvalue weighted by Crippen LogP contribution is -2.47.